The van der Waals surface area contributed by atoms with Crippen molar-refractivity contribution in [3.05, 3.63) is 72.9 Å². The minimum absolute atomic E-state index is 0.104. The molecule has 2 nitrogen and oxygen atoms in total. The number of Topliss-reactive ketones (excluding diaryl/α,β-unsaturated/α-hetero) is 2. The van der Waals surface area contributed by atoms with E-state index in [9.17, 15) is 9.59 Å². The molecule has 0 spiro atoms. The summed E-state index contributed by atoms with van der Waals surface area (Å²) in [6, 6.07) is 16.5. The van der Waals surface area contributed by atoms with Crippen LogP contribution in [-0.4, -0.2) is 65.7 Å². The summed E-state index contributed by atoms with van der Waals surface area (Å²) in [7, 11) is 0. The maximum absolute atomic E-state index is 13.1. The van der Waals surface area contributed by atoms with E-state index >= 15 is 0 Å². The van der Waals surface area contributed by atoms with Gasteiger partial charge in [-0.25, -0.2) is 0 Å². The molecule has 1 aliphatic heterocycles. The van der Waals surface area contributed by atoms with Crippen LogP contribution in [-0.2, 0) is 0 Å². The van der Waals surface area contributed by atoms with Crippen molar-refractivity contribution in [2.45, 2.75) is 11.5 Å². The molecule has 2 aliphatic rings. The molecule has 1 aliphatic carbocycles. The Morgan fingerprint density at radius 3 is 2.14 bits per heavy atom. The summed E-state index contributed by atoms with van der Waals surface area (Å²) < 4.78 is 10.4. The summed E-state index contributed by atoms with van der Waals surface area (Å²) >= 11 is -2.80. The zero-order chi connectivity index (χ0) is 19.9. The number of benzene rings is 2. The molecule has 4 aromatic rings. The quantitative estimate of drug-likeness (QED) is 0.178. The molecule has 0 bridgehead atoms. The number of hydrogen-bond acceptors (Lipinski definition) is 2. The van der Waals surface area contributed by atoms with Crippen LogP contribution in [0.3, 0.4) is 0 Å². The molecule has 3 heterocycles. The molecule has 0 radical (unpaired) electrons. The summed E-state index contributed by atoms with van der Waals surface area (Å²) in [5, 5.41) is 2.02. The van der Waals surface area contributed by atoms with Crippen molar-refractivity contribution in [1.29, 1.82) is 0 Å². The molecule has 5 heteroatoms. The van der Waals surface area contributed by atoms with Gasteiger partial charge in [0.15, 0.2) is 0 Å². The van der Waals surface area contributed by atoms with E-state index in [-0.39, 0.29) is 32.0 Å². The van der Waals surface area contributed by atoms with Crippen molar-refractivity contribution >= 4 is 91.3 Å². The summed E-state index contributed by atoms with van der Waals surface area (Å²) in [4.78, 5) is 26.2. The number of hydrogen-bond donors (Lipinski definition) is 0. The van der Waals surface area contributed by atoms with Crippen LogP contribution in [0.1, 0.15) is 24.3 Å². The Bertz CT molecular complexity index is 1360. The van der Waals surface area contributed by atoms with Gasteiger partial charge in [-0.1, -0.05) is 0 Å². The van der Waals surface area contributed by atoms with Crippen LogP contribution in [0.2, 0.25) is 11.5 Å². The predicted octanol–water partition coefficient (Wildman–Crippen LogP) is 3.22. The van der Waals surface area contributed by atoms with Gasteiger partial charge in [-0.3, -0.25) is 0 Å². The van der Waals surface area contributed by atoms with Gasteiger partial charge < -0.3 is 0 Å². The summed E-state index contributed by atoms with van der Waals surface area (Å²) in [5.41, 5.74) is 1.50. The Balaban J connectivity index is 1.47. The molecule has 2 aromatic heterocycles. The molecule has 0 fully saturated rings. The number of fused-ring (bicyclic) bond motifs is 5. The number of rotatable bonds is 1. The monoisotopic (exact) mass is 670 g/mol. The second-order valence-corrected chi connectivity index (χ2v) is 22.9. The van der Waals surface area contributed by atoms with Crippen molar-refractivity contribution in [3.8, 4) is 7.16 Å². The fourth-order valence-corrected chi connectivity index (χ4v) is 28.5. The zero-order valence-corrected chi connectivity index (χ0v) is 22.7. The third kappa shape index (κ3) is 2.60. The van der Waals surface area contributed by atoms with Crippen molar-refractivity contribution in [3.63, 3.8) is 0 Å². The SMILES string of the molecule is [CH3][Ge]1([CH3])[c]2cc[te]c2-c2[te]c(C=C3C(=O)c4cc5ccccc5cc4C3=O)c[c]21. The molecule has 29 heavy (non-hydrogen) atoms. The normalized spacial score (nSPS) is 16.3. The van der Waals surface area contributed by atoms with Crippen molar-refractivity contribution in [2.24, 2.45) is 0 Å². The molecule has 6 rings (SSSR count). The van der Waals surface area contributed by atoms with Crippen molar-refractivity contribution in [1.82, 2.24) is 0 Å². The third-order valence-corrected chi connectivity index (χ3v) is 22.9. The molecular formula is C24H16GeO2Te2. The van der Waals surface area contributed by atoms with E-state index in [1.165, 1.54) is 3.58 Å². The first-order valence-electron chi connectivity index (χ1n) is 9.52. The van der Waals surface area contributed by atoms with Gasteiger partial charge in [0.1, 0.15) is 0 Å². The van der Waals surface area contributed by atoms with Gasteiger partial charge >= 0.3 is 192 Å². The molecule has 0 atom stereocenters. The van der Waals surface area contributed by atoms with Crippen LogP contribution in [0.25, 0.3) is 24.0 Å². The predicted molar refractivity (Wildman–Crippen MR) is 123 cm³/mol. The fraction of sp³-hybridized carbons (Fsp3) is 0.0833. The van der Waals surface area contributed by atoms with Gasteiger partial charge in [0.05, 0.1) is 0 Å². The Morgan fingerprint density at radius 1 is 0.828 bits per heavy atom. The molecule has 0 unspecified atom stereocenters. The number of ketones is 2. The number of carbonyl (C=O) groups is 2. The van der Waals surface area contributed by atoms with E-state index in [4.69, 9.17) is 0 Å². The first kappa shape index (κ1) is 18.6. The minimum atomic E-state index is -2.14. The molecule has 2 aromatic carbocycles. The first-order chi connectivity index (χ1) is 13.9. The maximum atomic E-state index is 13.1. The second-order valence-electron chi connectivity index (χ2n) is 8.14. The molecule has 0 saturated heterocycles. The van der Waals surface area contributed by atoms with Crippen LogP contribution in [0.4, 0.5) is 0 Å². The van der Waals surface area contributed by atoms with Crippen LogP contribution in [0.15, 0.2) is 58.2 Å². The number of allylic oxidation sites excluding steroid dienone is 1. The van der Waals surface area contributed by atoms with Gasteiger partial charge in [0, 0.05) is 0 Å². The van der Waals surface area contributed by atoms with Crippen LogP contribution < -0.4 is 8.79 Å². The fourth-order valence-electron chi connectivity index (χ4n) is 4.52. The van der Waals surface area contributed by atoms with E-state index in [0.717, 1.165) is 10.8 Å². The van der Waals surface area contributed by atoms with E-state index in [2.05, 4.69) is 27.7 Å². The van der Waals surface area contributed by atoms with Crippen LogP contribution in [0, 0.1) is 0 Å². The average Bonchev–Trinajstić information content (AvgIpc) is 3.44. The van der Waals surface area contributed by atoms with Crippen LogP contribution in [0.5, 0.6) is 0 Å². The molecule has 0 saturated carbocycles. The molecule has 140 valence electrons. The van der Waals surface area contributed by atoms with Gasteiger partial charge in [-0.05, 0) is 0 Å². The number of carbonyl (C=O) groups excluding carboxylic acids is 2. The molecule has 0 N–H and O–H groups in total. The Hall–Kier alpha value is -1.14. The Labute approximate surface area is 190 Å². The van der Waals surface area contributed by atoms with E-state index in [1.807, 2.05) is 42.5 Å². The van der Waals surface area contributed by atoms with Crippen LogP contribution >= 0.6 is 0 Å². The Morgan fingerprint density at radius 2 is 1.48 bits per heavy atom. The first-order valence-corrected chi connectivity index (χ1v) is 20.7. The third-order valence-electron chi connectivity index (χ3n) is 6.12. The van der Waals surface area contributed by atoms with E-state index in [0.29, 0.717) is 16.7 Å². The molecular weight excluding hydrogens is 648 g/mol. The standard InChI is InChI=1S/C24H16GeO2Te2/c1-25(2)19-7-8-28-23(19)24-20(25)12-15(29-24)11-18-21(26)16-9-13-5-3-4-6-14(13)10-17(16)22(18)27/h3-12H,1-2H3. The average molecular weight is 664 g/mol. The second kappa shape index (κ2) is 6.43. The molecule has 0 amide bonds. The summed E-state index contributed by atoms with van der Waals surface area (Å²) in [5.74, 6) is 4.78. The van der Waals surface area contributed by atoms with E-state index in [1.54, 1.807) is 16.0 Å². The van der Waals surface area contributed by atoms with Gasteiger partial charge in [-0.2, -0.15) is 0 Å². The Kier molecular flexibility index (Phi) is 4.13. The van der Waals surface area contributed by atoms with Gasteiger partial charge in [-0.15, -0.1) is 0 Å². The summed E-state index contributed by atoms with van der Waals surface area (Å²) in [6.07, 6.45) is 1.94. The van der Waals surface area contributed by atoms with Crippen molar-refractivity contribution in [2.75, 3.05) is 0 Å². The topological polar surface area (TPSA) is 34.1 Å². The zero-order valence-electron chi connectivity index (χ0n) is 15.9. The summed E-state index contributed by atoms with van der Waals surface area (Å²) in [6.45, 7) is 0. The van der Waals surface area contributed by atoms with E-state index < -0.39 is 33.7 Å². The van der Waals surface area contributed by atoms with Crippen molar-refractivity contribution < 1.29 is 9.59 Å². The van der Waals surface area contributed by atoms with Gasteiger partial charge in [0.25, 0.3) is 0 Å². The van der Waals surface area contributed by atoms with Gasteiger partial charge in [0.2, 0.25) is 0 Å².